The van der Waals surface area contributed by atoms with Crippen LogP contribution in [0.5, 0.6) is 0 Å². The molecule has 18 heavy (non-hydrogen) atoms. The number of carbonyl (C=O) groups excluding carboxylic acids is 1. The summed E-state index contributed by atoms with van der Waals surface area (Å²) in [7, 11) is 0. The van der Waals surface area contributed by atoms with Gasteiger partial charge in [-0.25, -0.2) is 4.79 Å². The summed E-state index contributed by atoms with van der Waals surface area (Å²) in [5.41, 5.74) is 5.35. The Morgan fingerprint density at radius 3 is 2.72 bits per heavy atom. The number of unbranched alkanes of at least 4 members (excludes halogenated alkanes) is 1. The summed E-state index contributed by atoms with van der Waals surface area (Å²) in [5.74, 6) is 0.223. The van der Waals surface area contributed by atoms with Gasteiger partial charge in [-0.3, -0.25) is 4.79 Å². The third-order valence-electron chi connectivity index (χ3n) is 3.23. The van der Waals surface area contributed by atoms with E-state index in [2.05, 4.69) is 12.2 Å². The smallest absolute Gasteiger partial charge is 0.407 e. The molecule has 0 aromatic heterocycles. The summed E-state index contributed by atoms with van der Waals surface area (Å²) < 4.78 is 5.03. The quantitative estimate of drug-likeness (QED) is 0.563. The van der Waals surface area contributed by atoms with Crippen LogP contribution < -0.4 is 11.1 Å². The van der Waals surface area contributed by atoms with Gasteiger partial charge in [0, 0.05) is 6.54 Å². The molecular formula is C12H22N2O4. The Hall–Kier alpha value is -1.30. The Morgan fingerprint density at radius 1 is 1.50 bits per heavy atom. The highest BCUT2D eigenvalue weighted by molar-refractivity contribution is 5.72. The second-order valence-corrected chi connectivity index (χ2v) is 4.94. The Morgan fingerprint density at radius 2 is 2.17 bits per heavy atom. The number of carbonyl (C=O) groups is 2. The second kappa shape index (κ2) is 7.20. The maximum atomic E-state index is 11.2. The molecule has 0 heterocycles. The van der Waals surface area contributed by atoms with E-state index in [4.69, 9.17) is 15.6 Å². The second-order valence-electron chi connectivity index (χ2n) is 4.94. The number of carboxylic acid groups (broad SMARTS) is 1. The van der Waals surface area contributed by atoms with Crippen molar-refractivity contribution in [2.75, 3.05) is 13.2 Å². The van der Waals surface area contributed by atoms with Gasteiger partial charge in [-0.05, 0) is 37.5 Å². The van der Waals surface area contributed by atoms with Gasteiger partial charge >= 0.3 is 12.1 Å². The van der Waals surface area contributed by atoms with E-state index in [1.54, 1.807) is 0 Å². The minimum Gasteiger partial charge on any atom is -0.480 e. The number of ether oxygens (including phenoxy) is 1. The molecule has 104 valence electrons. The molecule has 3 atom stereocenters. The van der Waals surface area contributed by atoms with Gasteiger partial charge in [0.05, 0.1) is 6.61 Å². The Bertz CT molecular complexity index is 296. The van der Waals surface area contributed by atoms with E-state index in [-0.39, 0.29) is 0 Å². The maximum Gasteiger partial charge on any atom is 0.407 e. The van der Waals surface area contributed by atoms with Gasteiger partial charge in [-0.15, -0.1) is 0 Å². The van der Waals surface area contributed by atoms with Crippen LogP contribution in [0, 0.1) is 11.8 Å². The maximum absolute atomic E-state index is 11.2. The number of hydrogen-bond acceptors (Lipinski definition) is 4. The van der Waals surface area contributed by atoms with Crippen molar-refractivity contribution >= 4 is 12.1 Å². The molecule has 0 spiro atoms. The average molecular weight is 258 g/mol. The van der Waals surface area contributed by atoms with Crippen LogP contribution in [0.2, 0.25) is 0 Å². The summed E-state index contributed by atoms with van der Waals surface area (Å²) in [6, 6.07) is -0.812. The summed E-state index contributed by atoms with van der Waals surface area (Å²) in [4.78, 5) is 21.7. The summed E-state index contributed by atoms with van der Waals surface area (Å²) in [5, 5.41) is 11.2. The lowest BCUT2D eigenvalue weighted by Crippen LogP contribution is -2.30. The van der Waals surface area contributed by atoms with Crippen LogP contribution in [0.3, 0.4) is 0 Å². The van der Waals surface area contributed by atoms with Crippen LogP contribution in [0.25, 0.3) is 0 Å². The highest BCUT2D eigenvalue weighted by Crippen LogP contribution is 2.37. The summed E-state index contributed by atoms with van der Waals surface area (Å²) in [6.45, 7) is 3.12. The summed E-state index contributed by atoms with van der Waals surface area (Å²) in [6.07, 6.45) is 2.55. The number of rotatable bonds is 8. The minimum absolute atomic E-state index is 0.392. The fraction of sp³-hybridized carbons (Fsp3) is 0.833. The van der Waals surface area contributed by atoms with Crippen molar-refractivity contribution in [1.29, 1.82) is 0 Å². The topological polar surface area (TPSA) is 102 Å². The molecule has 1 fully saturated rings. The first-order valence-corrected chi connectivity index (χ1v) is 6.39. The van der Waals surface area contributed by atoms with E-state index < -0.39 is 18.1 Å². The Kier molecular flexibility index (Phi) is 5.91. The number of aliphatic carboxylic acids is 1. The van der Waals surface area contributed by atoms with Crippen LogP contribution in [0.4, 0.5) is 4.79 Å². The van der Waals surface area contributed by atoms with Crippen molar-refractivity contribution in [2.24, 2.45) is 17.6 Å². The number of amides is 1. The lowest BCUT2D eigenvalue weighted by molar-refractivity contribution is -0.138. The van der Waals surface area contributed by atoms with Crippen LogP contribution >= 0.6 is 0 Å². The third-order valence-corrected chi connectivity index (χ3v) is 3.23. The zero-order chi connectivity index (χ0) is 13.5. The number of nitrogens with two attached hydrogens (primary N) is 1. The molecule has 0 aromatic rings. The molecule has 0 bridgehead atoms. The molecule has 0 saturated heterocycles. The molecule has 0 radical (unpaired) electrons. The molecule has 0 aliphatic heterocycles. The number of carboxylic acids is 1. The fourth-order valence-electron chi connectivity index (χ4n) is 1.67. The largest absolute Gasteiger partial charge is 0.480 e. The van der Waals surface area contributed by atoms with Gasteiger partial charge in [0.15, 0.2) is 0 Å². The van der Waals surface area contributed by atoms with Gasteiger partial charge in [-0.1, -0.05) is 6.92 Å². The lowest BCUT2D eigenvalue weighted by Gasteiger charge is -2.08. The molecule has 6 nitrogen and oxygen atoms in total. The first kappa shape index (κ1) is 14.8. The van der Waals surface area contributed by atoms with Crippen LogP contribution in [0.1, 0.15) is 32.6 Å². The predicted octanol–water partition coefficient (Wildman–Crippen LogP) is 0.951. The molecule has 1 rings (SSSR count). The lowest BCUT2D eigenvalue weighted by atomic mass is 10.1. The highest BCUT2D eigenvalue weighted by atomic mass is 16.5. The van der Waals surface area contributed by atoms with Gasteiger partial charge in [0.2, 0.25) is 0 Å². The SMILES string of the molecule is CC1CC1COC(=O)NCCCCC(N)C(=O)O. The van der Waals surface area contributed by atoms with Crippen LogP contribution in [0.15, 0.2) is 0 Å². The van der Waals surface area contributed by atoms with E-state index >= 15 is 0 Å². The molecule has 4 N–H and O–H groups in total. The highest BCUT2D eigenvalue weighted by Gasteiger charge is 2.33. The number of hydrogen-bond donors (Lipinski definition) is 3. The molecule has 0 aromatic carbocycles. The third kappa shape index (κ3) is 5.86. The minimum atomic E-state index is -0.985. The van der Waals surface area contributed by atoms with Gasteiger partial charge in [0.25, 0.3) is 0 Å². The molecule has 1 aliphatic carbocycles. The molecule has 1 amide bonds. The first-order valence-electron chi connectivity index (χ1n) is 6.39. The van der Waals surface area contributed by atoms with E-state index in [1.807, 2.05) is 0 Å². The molecule has 3 unspecified atom stereocenters. The van der Waals surface area contributed by atoms with Crippen molar-refractivity contribution in [3.8, 4) is 0 Å². The van der Waals surface area contributed by atoms with E-state index in [0.29, 0.717) is 44.2 Å². The van der Waals surface area contributed by atoms with Crippen molar-refractivity contribution in [1.82, 2.24) is 5.32 Å². The normalized spacial score (nSPS) is 23.2. The zero-order valence-corrected chi connectivity index (χ0v) is 10.7. The van der Waals surface area contributed by atoms with Crippen LogP contribution in [-0.2, 0) is 9.53 Å². The molecule has 1 aliphatic rings. The van der Waals surface area contributed by atoms with Gasteiger partial charge < -0.3 is 20.9 Å². The fourth-order valence-corrected chi connectivity index (χ4v) is 1.67. The van der Waals surface area contributed by atoms with Crippen molar-refractivity contribution in [3.05, 3.63) is 0 Å². The van der Waals surface area contributed by atoms with Crippen LogP contribution in [-0.4, -0.2) is 36.4 Å². The zero-order valence-electron chi connectivity index (χ0n) is 10.7. The average Bonchev–Trinajstić information content (AvgIpc) is 3.02. The van der Waals surface area contributed by atoms with E-state index in [9.17, 15) is 9.59 Å². The van der Waals surface area contributed by atoms with E-state index in [1.165, 1.54) is 0 Å². The van der Waals surface area contributed by atoms with Crippen molar-refractivity contribution in [2.45, 2.75) is 38.6 Å². The monoisotopic (exact) mass is 258 g/mol. The molecular weight excluding hydrogens is 236 g/mol. The molecule has 6 heteroatoms. The first-order chi connectivity index (χ1) is 8.50. The van der Waals surface area contributed by atoms with Crippen molar-refractivity contribution < 1.29 is 19.4 Å². The van der Waals surface area contributed by atoms with E-state index in [0.717, 1.165) is 6.42 Å². The number of alkyl carbamates (subject to hydrolysis) is 1. The van der Waals surface area contributed by atoms with Gasteiger partial charge in [-0.2, -0.15) is 0 Å². The standard InChI is InChI=1S/C12H22N2O4/c1-8-6-9(8)7-18-12(17)14-5-3-2-4-10(13)11(15)16/h8-10H,2-7,13H2,1H3,(H,14,17)(H,15,16). The summed E-state index contributed by atoms with van der Waals surface area (Å²) >= 11 is 0. The van der Waals surface area contributed by atoms with Gasteiger partial charge in [0.1, 0.15) is 6.04 Å². The van der Waals surface area contributed by atoms with Crippen molar-refractivity contribution in [3.63, 3.8) is 0 Å². The Labute approximate surface area is 107 Å². The number of nitrogens with one attached hydrogen (secondary N) is 1. The predicted molar refractivity (Wildman–Crippen MR) is 66.1 cm³/mol. The Balaban J connectivity index is 1.90. The molecule has 1 saturated carbocycles.